The van der Waals surface area contributed by atoms with Crippen molar-refractivity contribution in [1.82, 2.24) is 10.2 Å². The van der Waals surface area contributed by atoms with Crippen LogP contribution in [0, 0.1) is 19.7 Å². The van der Waals surface area contributed by atoms with Gasteiger partial charge in [-0.2, -0.15) is 0 Å². The van der Waals surface area contributed by atoms with E-state index >= 15 is 0 Å². The van der Waals surface area contributed by atoms with E-state index in [0.717, 1.165) is 28.7 Å². The van der Waals surface area contributed by atoms with Crippen LogP contribution in [0.15, 0.2) is 42.5 Å². The first-order chi connectivity index (χ1) is 14.2. The smallest absolute Gasteiger partial charge is 0.243 e. The average Bonchev–Trinajstić information content (AvgIpc) is 2.71. The number of hydrogen-bond acceptors (Lipinski definition) is 2. The van der Waals surface area contributed by atoms with Crippen molar-refractivity contribution in [3.8, 4) is 0 Å². The van der Waals surface area contributed by atoms with Gasteiger partial charge in [-0.1, -0.05) is 49.7 Å². The number of aryl methyl sites for hydroxylation is 2. The molecule has 2 aromatic carbocycles. The zero-order chi connectivity index (χ0) is 22.3. The fourth-order valence-corrected chi connectivity index (χ4v) is 3.40. The maximum atomic E-state index is 13.4. The van der Waals surface area contributed by atoms with Gasteiger partial charge in [0.25, 0.3) is 0 Å². The molecule has 0 saturated carbocycles. The lowest BCUT2D eigenvalue weighted by atomic mass is 10.0. The summed E-state index contributed by atoms with van der Waals surface area (Å²) in [7, 11) is 0. The van der Waals surface area contributed by atoms with Crippen LogP contribution in [0.4, 0.5) is 4.39 Å². The van der Waals surface area contributed by atoms with Crippen molar-refractivity contribution < 1.29 is 14.0 Å². The molecule has 0 spiro atoms. The summed E-state index contributed by atoms with van der Waals surface area (Å²) in [4.78, 5) is 28.0. The van der Waals surface area contributed by atoms with Gasteiger partial charge in [0.05, 0.1) is 6.42 Å². The van der Waals surface area contributed by atoms with Crippen LogP contribution < -0.4 is 5.32 Å². The normalized spacial score (nSPS) is 12.9. The molecule has 2 rings (SSSR count). The van der Waals surface area contributed by atoms with Gasteiger partial charge in [-0.25, -0.2) is 4.39 Å². The van der Waals surface area contributed by atoms with E-state index in [4.69, 9.17) is 0 Å². The highest BCUT2D eigenvalue weighted by molar-refractivity contribution is 5.88. The summed E-state index contributed by atoms with van der Waals surface area (Å²) in [5.41, 5.74) is 3.89. The summed E-state index contributed by atoms with van der Waals surface area (Å²) >= 11 is 0. The monoisotopic (exact) mass is 412 g/mol. The molecule has 0 bridgehead atoms. The molecule has 2 aromatic rings. The highest BCUT2D eigenvalue weighted by Crippen LogP contribution is 2.18. The number of nitrogens with zero attached hydrogens (tertiary/aromatic N) is 1. The highest BCUT2D eigenvalue weighted by Gasteiger charge is 2.29. The number of rotatable bonds is 9. The Hall–Kier alpha value is -2.69. The maximum absolute atomic E-state index is 13.4. The van der Waals surface area contributed by atoms with Crippen LogP contribution in [0.25, 0.3) is 0 Å². The summed E-state index contributed by atoms with van der Waals surface area (Å²) in [5.74, 6) is -0.587. The van der Waals surface area contributed by atoms with E-state index in [0.29, 0.717) is 6.42 Å². The van der Waals surface area contributed by atoms with Crippen molar-refractivity contribution >= 4 is 11.8 Å². The second kappa shape index (κ2) is 10.9. The van der Waals surface area contributed by atoms with Crippen LogP contribution in [0.5, 0.6) is 0 Å². The largest absolute Gasteiger partial charge is 0.352 e. The lowest BCUT2D eigenvalue weighted by Gasteiger charge is -2.31. The molecule has 1 N–H and O–H groups in total. The molecule has 30 heavy (non-hydrogen) atoms. The minimum Gasteiger partial charge on any atom is -0.352 e. The zero-order valence-electron chi connectivity index (χ0n) is 18.7. The Balaban J connectivity index is 2.32. The quantitative estimate of drug-likeness (QED) is 0.649. The molecule has 0 aromatic heterocycles. The second-order valence-electron chi connectivity index (χ2n) is 8.00. The minimum atomic E-state index is -0.582. The maximum Gasteiger partial charge on any atom is 0.243 e. The molecule has 0 aliphatic carbocycles. The molecule has 162 valence electrons. The van der Waals surface area contributed by atoms with E-state index < -0.39 is 6.04 Å². The summed E-state index contributed by atoms with van der Waals surface area (Å²) in [6.07, 6.45) is 1.54. The Labute approximate surface area is 179 Å². The first-order valence-electron chi connectivity index (χ1n) is 10.7. The van der Waals surface area contributed by atoms with E-state index in [1.54, 1.807) is 17.0 Å². The third kappa shape index (κ3) is 6.41. The van der Waals surface area contributed by atoms with Crippen molar-refractivity contribution in [3.05, 3.63) is 70.5 Å². The molecule has 0 unspecified atom stereocenters. The van der Waals surface area contributed by atoms with Gasteiger partial charge in [-0.15, -0.1) is 0 Å². The predicted molar refractivity (Wildman–Crippen MR) is 119 cm³/mol. The summed E-state index contributed by atoms with van der Waals surface area (Å²) < 4.78 is 13.3. The number of halogens is 1. The van der Waals surface area contributed by atoms with Gasteiger partial charge in [0.15, 0.2) is 0 Å². The minimum absolute atomic E-state index is 0.0355. The van der Waals surface area contributed by atoms with Crippen molar-refractivity contribution in [3.63, 3.8) is 0 Å². The van der Waals surface area contributed by atoms with E-state index in [-0.39, 0.29) is 36.6 Å². The topological polar surface area (TPSA) is 49.4 Å². The predicted octanol–water partition coefficient (Wildman–Crippen LogP) is 4.71. The Kier molecular flexibility index (Phi) is 8.58. The molecule has 0 heterocycles. The van der Waals surface area contributed by atoms with Crippen molar-refractivity contribution in [1.29, 1.82) is 0 Å². The van der Waals surface area contributed by atoms with Crippen LogP contribution in [-0.2, 0) is 22.6 Å². The number of hydrogen-bond donors (Lipinski definition) is 1. The Morgan fingerprint density at radius 3 is 2.30 bits per heavy atom. The third-order valence-electron chi connectivity index (χ3n) is 5.50. The lowest BCUT2D eigenvalue weighted by Crippen LogP contribution is -2.51. The zero-order valence-corrected chi connectivity index (χ0v) is 18.7. The number of benzene rings is 2. The van der Waals surface area contributed by atoms with Gasteiger partial charge in [-0.3, -0.25) is 9.59 Å². The third-order valence-corrected chi connectivity index (χ3v) is 5.50. The first-order valence-corrected chi connectivity index (χ1v) is 10.7. The second-order valence-corrected chi connectivity index (χ2v) is 8.00. The van der Waals surface area contributed by atoms with Gasteiger partial charge in [0.2, 0.25) is 11.8 Å². The molecular weight excluding hydrogens is 379 g/mol. The van der Waals surface area contributed by atoms with Crippen LogP contribution in [-0.4, -0.2) is 28.8 Å². The number of carbonyl (C=O) groups excluding carboxylic acids is 2. The van der Waals surface area contributed by atoms with Gasteiger partial charge in [0.1, 0.15) is 11.9 Å². The Morgan fingerprint density at radius 2 is 1.70 bits per heavy atom. The molecule has 5 heteroatoms. The van der Waals surface area contributed by atoms with Gasteiger partial charge < -0.3 is 10.2 Å². The van der Waals surface area contributed by atoms with E-state index in [9.17, 15) is 14.0 Å². The average molecular weight is 413 g/mol. The van der Waals surface area contributed by atoms with Gasteiger partial charge in [0, 0.05) is 12.6 Å². The van der Waals surface area contributed by atoms with E-state index in [1.807, 2.05) is 52.8 Å². The number of carbonyl (C=O) groups is 2. The van der Waals surface area contributed by atoms with Crippen LogP contribution >= 0.6 is 0 Å². The highest BCUT2D eigenvalue weighted by atomic mass is 19.1. The molecule has 0 aliphatic heterocycles. The molecular formula is C25H33FN2O2. The molecule has 0 saturated heterocycles. The molecule has 2 amide bonds. The van der Waals surface area contributed by atoms with E-state index in [2.05, 4.69) is 5.32 Å². The van der Waals surface area contributed by atoms with Crippen molar-refractivity contribution in [2.75, 3.05) is 0 Å². The molecule has 4 nitrogen and oxygen atoms in total. The Bertz CT molecular complexity index is 864. The van der Waals surface area contributed by atoms with E-state index in [1.165, 1.54) is 12.1 Å². The molecule has 2 atom stereocenters. The standard InChI is InChI=1S/C25H33FN2O2/c1-6-19(5)27-25(30)23(7-2)28(16-20-10-12-22(26)13-11-20)24(29)15-21-14-17(3)8-9-18(21)4/h8-14,19,23H,6-7,15-16H2,1-5H3,(H,27,30)/t19-,23-/m0/s1. The van der Waals surface area contributed by atoms with Gasteiger partial charge in [-0.05, 0) is 62.4 Å². The molecule has 0 fully saturated rings. The fourth-order valence-electron chi connectivity index (χ4n) is 3.40. The van der Waals surface area contributed by atoms with Crippen molar-refractivity contribution in [2.45, 2.75) is 72.5 Å². The fraction of sp³-hybridized carbons (Fsp3) is 0.440. The number of amides is 2. The SMILES string of the molecule is CC[C@H](C)NC(=O)[C@H](CC)N(Cc1ccc(F)cc1)C(=O)Cc1cc(C)ccc1C. The number of nitrogens with one attached hydrogen (secondary N) is 1. The first kappa shape index (κ1) is 23.6. The molecule has 0 aliphatic rings. The summed E-state index contributed by atoms with van der Waals surface area (Å²) in [6.45, 7) is 10.1. The van der Waals surface area contributed by atoms with Crippen LogP contribution in [0.3, 0.4) is 0 Å². The summed E-state index contributed by atoms with van der Waals surface area (Å²) in [6, 6.07) is 11.6. The molecule has 0 radical (unpaired) electrons. The Morgan fingerprint density at radius 1 is 1.03 bits per heavy atom. The lowest BCUT2D eigenvalue weighted by molar-refractivity contribution is -0.141. The van der Waals surface area contributed by atoms with Crippen LogP contribution in [0.2, 0.25) is 0 Å². The van der Waals surface area contributed by atoms with Gasteiger partial charge >= 0.3 is 0 Å². The van der Waals surface area contributed by atoms with Crippen molar-refractivity contribution in [2.24, 2.45) is 0 Å². The summed E-state index contributed by atoms with van der Waals surface area (Å²) in [5, 5.41) is 3.00. The van der Waals surface area contributed by atoms with Crippen LogP contribution in [0.1, 0.15) is 55.9 Å².